The Morgan fingerprint density at radius 3 is 2.30 bits per heavy atom. The fourth-order valence-electron chi connectivity index (χ4n) is 4.98. The molecule has 9 nitrogen and oxygen atoms in total. The molecule has 0 saturated heterocycles. The molecule has 0 amide bonds. The van der Waals surface area contributed by atoms with E-state index in [-0.39, 0.29) is 48.9 Å². The van der Waals surface area contributed by atoms with Crippen molar-refractivity contribution < 1.29 is 64.7 Å². The average Bonchev–Trinajstić information content (AvgIpc) is 3.44. The molecule has 1 aliphatic heterocycles. The molecule has 43 heavy (non-hydrogen) atoms. The largest absolute Gasteiger partial charge is 1.00 e. The Balaban J connectivity index is 0.00000423. The number of allylic oxidation sites excluding steroid dienone is 2. The van der Waals surface area contributed by atoms with Crippen LogP contribution in [-0.4, -0.2) is 44.0 Å². The van der Waals surface area contributed by atoms with E-state index < -0.39 is 31.7 Å². The third kappa shape index (κ3) is 8.60. The van der Waals surface area contributed by atoms with Crippen LogP contribution in [0.4, 0.5) is 5.69 Å². The van der Waals surface area contributed by atoms with Crippen molar-refractivity contribution in [3.63, 3.8) is 0 Å². The van der Waals surface area contributed by atoms with Crippen LogP contribution >= 0.6 is 0 Å². The second-order valence-electron chi connectivity index (χ2n) is 10.1. The Hall–Kier alpha value is -2.90. The van der Waals surface area contributed by atoms with Crippen molar-refractivity contribution >= 4 is 43.0 Å². The maximum Gasteiger partial charge on any atom is 1.00 e. The van der Waals surface area contributed by atoms with Gasteiger partial charge in [0.05, 0.1) is 25.9 Å². The first-order chi connectivity index (χ1) is 20.0. The van der Waals surface area contributed by atoms with Gasteiger partial charge in [-0.2, -0.15) is 0 Å². The fourth-order valence-corrected chi connectivity index (χ4v) is 5.96. The summed E-state index contributed by atoms with van der Waals surface area (Å²) in [6, 6.07) is 21.3. The summed E-state index contributed by atoms with van der Waals surface area (Å²) in [4.78, 5) is 1.81. The van der Waals surface area contributed by atoms with E-state index in [0.29, 0.717) is 29.4 Å². The van der Waals surface area contributed by atoms with E-state index in [4.69, 9.17) is 9.15 Å². The van der Waals surface area contributed by atoms with Gasteiger partial charge in [-0.3, -0.25) is 0 Å². The maximum absolute atomic E-state index is 11.3. The predicted molar refractivity (Wildman–Crippen MR) is 160 cm³/mol. The molecular weight excluding hydrogens is 601 g/mol. The molecule has 0 N–H and O–H groups in total. The molecule has 0 fully saturated rings. The first-order valence-electron chi connectivity index (χ1n) is 13.4. The van der Waals surface area contributed by atoms with Gasteiger partial charge in [0.1, 0.15) is 11.3 Å². The Bertz CT molecular complexity index is 1880. The third-order valence-corrected chi connectivity index (χ3v) is 8.48. The minimum absolute atomic E-state index is 0. The number of furan rings is 1. The van der Waals surface area contributed by atoms with Crippen LogP contribution in [0.15, 0.2) is 89.2 Å². The topological polar surface area (TPSA) is 140 Å². The Morgan fingerprint density at radius 2 is 1.58 bits per heavy atom. The number of hydrogen-bond donors (Lipinski definition) is 0. The van der Waals surface area contributed by atoms with Crippen LogP contribution in [0.1, 0.15) is 29.7 Å². The summed E-state index contributed by atoms with van der Waals surface area (Å²) in [6.45, 7) is 2.20. The SMILES string of the molecule is Cc1ccc2c(c1)OC(=CC=Cc1oc3ccc(-c4ccccc4)cc3c1CCCS(=O)(=O)[O-])N2CCCS(=O)(=O)[O-].[Na+]. The van der Waals surface area contributed by atoms with Gasteiger partial charge >= 0.3 is 29.6 Å². The third-order valence-electron chi connectivity index (χ3n) is 6.90. The number of hydrogen-bond acceptors (Lipinski definition) is 9. The van der Waals surface area contributed by atoms with E-state index >= 15 is 0 Å². The molecule has 0 bridgehead atoms. The first-order valence-corrected chi connectivity index (χ1v) is 16.5. The van der Waals surface area contributed by atoms with Crippen molar-refractivity contribution in [3.05, 3.63) is 102 Å². The van der Waals surface area contributed by atoms with Gasteiger partial charge in [-0.15, -0.1) is 0 Å². The number of anilines is 1. The Labute approximate surface area is 273 Å². The van der Waals surface area contributed by atoms with Crippen LogP contribution in [0.5, 0.6) is 5.75 Å². The summed E-state index contributed by atoms with van der Waals surface area (Å²) in [7, 11) is -8.71. The van der Waals surface area contributed by atoms with Crippen LogP contribution in [0, 0.1) is 6.92 Å². The number of nitrogens with zero attached hydrogens (tertiary/aromatic N) is 1. The summed E-state index contributed by atoms with van der Waals surface area (Å²) in [5.41, 5.74) is 5.16. The fraction of sp³-hybridized carbons (Fsp3) is 0.226. The van der Waals surface area contributed by atoms with Crippen molar-refractivity contribution in [2.45, 2.75) is 26.2 Å². The molecule has 1 aliphatic rings. The average molecular weight is 631 g/mol. The van der Waals surface area contributed by atoms with Gasteiger partial charge in [0, 0.05) is 29.0 Å². The van der Waals surface area contributed by atoms with Crippen molar-refractivity contribution in [1.29, 1.82) is 0 Å². The zero-order chi connectivity index (χ0) is 29.9. The van der Waals surface area contributed by atoms with Crippen LogP contribution in [0.2, 0.25) is 0 Å². The van der Waals surface area contributed by atoms with E-state index in [1.54, 1.807) is 18.2 Å². The molecule has 1 aromatic heterocycles. The number of fused-ring (bicyclic) bond motifs is 2. The van der Waals surface area contributed by atoms with E-state index in [9.17, 15) is 25.9 Å². The second-order valence-corrected chi connectivity index (χ2v) is 13.1. The molecule has 5 rings (SSSR count). The summed E-state index contributed by atoms with van der Waals surface area (Å²) in [5.74, 6) is 0.629. The summed E-state index contributed by atoms with van der Waals surface area (Å²) >= 11 is 0. The molecule has 2 heterocycles. The number of aryl methyl sites for hydroxylation is 2. The molecule has 220 valence electrons. The van der Waals surface area contributed by atoms with Crippen molar-refractivity contribution in [3.8, 4) is 16.9 Å². The van der Waals surface area contributed by atoms with Crippen molar-refractivity contribution in [1.82, 2.24) is 0 Å². The summed E-state index contributed by atoms with van der Waals surface area (Å²) in [5, 5.41) is 0.826. The van der Waals surface area contributed by atoms with Gasteiger partial charge in [0.2, 0.25) is 5.88 Å². The van der Waals surface area contributed by atoms with Gasteiger partial charge in [-0.05, 0) is 79.3 Å². The maximum atomic E-state index is 11.3. The van der Waals surface area contributed by atoms with Crippen LogP contribution in [0.3, 0.4) is 0 Å². The summed E-state index contributed by atoms with van der Waals surface area (Å²) < 4.78 is 79.5. The monoisotopic (exact) mass is 630 g/mol. The zero-order valence-corrected chi connectivity index (χ0v) is 27.5. The zero-order valence-electron chi connectivity index (χ0n) is 23.9. The minimum Gasteiger partial charge on any atom is -0.748 e. The molecule has 0 saturated carbocycles. The molecule has 0 atom stereocenters. The normalized spacial score (nSPS) is 14.3. The number of benzene rings is 3. The number of rotatable bonds is 11. The Morgan fingerprint density at radius 1 is 0.860 bits per heavy atom. The van der Waals surface area contributed by atoms with Gasteiger partial charge in [0.25, 0.3) is 0 Å². The molecule has 12 heteroatoms. The van der Waals surface area contributed by atoms with E-state index in [1.807, 2.05) is 78.6 Å². The smallest absolute Gasteiger partial charge is 0.748 e. The van der Waals surface area contributed by atoms with Crippen LogP contribution in [-0.2, 0) is 26.7 Å². The molecule has 0 radical (unpaired) electrons. The summed E-state index contributed by atoms with van der Waals surface area (Å²) in [6.07, 6.45) is 5.79. The molecule has 4 aromatic rings. The minimum atomic E-state index is -4.36. The van der Waals surface area contributed by atoms with Gasteiger partial charge in [-0.1, -0.05) is 48.5 Å². The molecule has 0 unspecified atom stereocenters. The van der Waals surface area contributed by atoms with Gasteiger partial charge in [-0.25, -0.2) is 16.8 Å². The molecule has 0 spiro atoms. The number of ether oxygens (including phenoxy) is 1. The van der Waals surface area contributed by atoms with E-state index in [2.05, 4.69) is 0 Å². The predicted octanol–water partition coefficient (Wildman–Crippen LogP) is 2.58. The van der Waals surface area contributed by atoms with Gasteiger partial charge in [0.15, 0.2) is 5.75 Å². The standard InChI is InChI=1S/C31H31NO8S2.Na/c1-22-13-15-27-30(20-22)40-31(32(27)17-7-19-42(36,37)38)12-5-11-28-25(10-6-18-41(33,34)35)26-21-24(14-16-29(26)39-28)23-8-3-2-4-9-23;/h2-5,8-9,11-16,20-21H,6-7,10,17-19H2,1H3,(H,33,34,35)(H,36,37,38);/q;+1/p-2. The van der Waals surface area contributed by atoms with Gasteiger partial charge < -0.3 is 23.2 Å². The second kappa shape index (κ2) is 13.8. The Kier molecular flexibility index (Phi) is 10.6. The molecule has 3 aromatic carbocycles. The van der Waals surface area contributed by atoms with Crippen LogP contribution < -0.4 is 39.2 Å². The molecular formula is C31H29NNaO8S2-. The van der Waals surface area contributed by atoms with Crippen molar-refractivity contribution in [2.24, 2.45) is 0 Å². The van der Waals surface area contributed by atoms with Crippen molar-refractivity contribution in [2.75, 3.05) is 23.0 Å². The van der Waals surface area contributed by atoms with Crippen LogP contribution in [0.25, 0.3) is 28.2 Å². The molecule has 0 aliphatic carbocycles. The first kappa shape index (κ1) is 33.0. The quantitative estimate of drug-likeness (QED) is 0.181. The van der Waals surface area contributed by atoms with E-state index in [0.717, 1.165) is 33.3 Å². The van der Waals surface area contributed by atoms with E-state index in [1.165, 1.54) is 0 Å².